The Hall–Kier alpha value is -2.49. The molecule has 8 heteroatoms. The van der Waals surface area contributed by atoms with Crippen LogP contribution < -0.4 is 0 Å². The van der Waals surface area contributed by atoms with Crippen molar-refractivity contribution in [1.82, 2.24) is 0 Å². The molecule has 0 unspecified atom stereocenters. The third kappa shape index (κ3) is 8.30. The molecule has 0 aliphatic rings. The van der Waals surface area contributed by atoms with E-state index >= 15 is 0 Å². The Balaban J connectivity index is 1.31. The Morgan fingerprint density at radius 2 is 0.732 bits per heavy atom. The summed E-state index contributed by atoms with van der Waals surface area (Å²) in [6, 6.07) is 30.6. The lowest BCUT2D eigenvalue weighted by Crippen LogP contribution is -2.21. The number of unbranched alkanes of at least 4 members (excludes halogenated alkanes) is 2. The topological polar surface area (TPSA) is 47.7 Å². The zero-order chi connectivity index (χ0) is 29.2. The third-order valence-corrected chi connectivity index (χ3v) is 8.50. The molecule has 0 fully saturated rings. The van der Waals surface area contributed by atoms with Crippen molar-refractivity contribution in [3.8, 4) is 0 Å². The molecule has 0 atom stereocenters. The number of nitrogens with one attached hydrogen (secondary N) is 2. The molecule has 4 rings (SSSR count). The van der Waals surface area contributed by atoms with Crippen LogP contribution in [0.25, 0.3) is 0 Å². The maximum atomic E-state index is 8.90. The molecule has 41 heavy (non-hydrogen) atoms. The van der Waals surface area contributed by atoms with Gasteiger partial charge in [0.15, 0.2) is 14.6 Å². The van der Waals surface area contributed by atoms with E-state index in [9.17, 15) is 0 Å². The first-order chi connectivity index (χ1) is 19.9. The summed E-state index contributed by atoms with van der Waals surface area (Å²) < 4.78 is 0. The van der Waals surface area contributed by atoms with Gasteiger partial charge in [-0.1, -0.05) is 151 Å². The van der Waals surface area contributed by atoms with E-state index in [4.69, 9.17) is 57.2 Å². The molecule has 2 nitrogen and oxygen atoms in total. The fraction of sp³-hybridized carbons (Fsp3) is 0.212. The van der Waals surface area contributed by atoms with E-state index in [0.717, 1.165) is 54.2 Å². The van der Waals surface area contributed by atoms with Crippen molar-refractivity contribution in [2.24, 2.45) is 0 Å². The van der Waals surface area contributed by atoms with Gasteiger partial charge in [-0.05, 0) is 57.7 Å². The van der Waals surface area contributed by atoms with Gasteiger partial charge < -0.3 is 10.8 Å². The molecule has 206 valence electrons. The highest BCUT2D eigenvalue weighted by Crippen LogP contribution is 2.36. The summed E-state index contributed by atoms with van der Waals surface area (Å²) in [7, 11) is 3.96. The van der Waals surface area contributed by atoms with Crippen molar-refractivity contribution in [2.75, 3.05) is 0 Å². The fourth-order valence-corrected chi connectivity index (χ4v) is 6.04. The quantitative estimate of drug-likeness (QED) is 0.0803. The first-order valence-electron chi connectivity index (χ1n) is 13.7. The van der Waals surface area contributed by atoms with Gasteiger partial charge in [0.05, 0.1) is 0 Å². The van der Waals surface area contributed by atoms with Crippen LogP contribution in [0, 0.1) is 10.8 Å². The van der Waals surface area contributed by atoms with Gasteiger partial charge in [-0.3, -0.25) is 0 Å². The van der Waals surface area contributed by atoms with E-state index in [2.05, 4.69) is 0 Å². The molecule has 2 N–H and O–H groups in total. The van der Waals surface area contributed by atoms with Crippen LogP contribution in [0.1, 0.15) is 53.4 Å². The van der Waals surface area contributed by atoms with E-state index in [1.165, 1.54) is 0 Å². The monoisotopic (exact) mass is 616 g/mol. The Morgan fingerprint density at radius 3 is 1.00 bits per heavy atom. The zero-order valence-electron chi connectivity index (χ0n) is 22.6. The Kier molecular flexibility index (Phi) is 12.0. The molecule has 0 saturated heterocycles. The normalized spacial score (nSPS) is 11.1. The predicted octanol–water partition coefficient (Wildman–Crippen LogP) is 10.6. The van der Waals surface area contributed by atoms with Crippen LogP contribution in [0.4, 0.5) is 0 Å². The lowest BCUT2D eigenvalue weighted by Gasteiger charge is -2.22. The molecule has 0 saturated carbocycles. The van der Waals surface area contributed by atoms with E-state index in [1.54, 1.807) is 0 Å². The minimum atomic E-state index is -0.322. The summed E-state index contributed by atoms with van der Waals surface area (Å²) in [4.78, 5) is 0. The second-order valence-corrected chi connectivity index (χ2v) is 11.5. The SMILES string of the molecule is N=C([B]CCCCC[B]C(=N)C(c1ccccc1Cl)c1ccccc1Cl)C(c1ccccc1Cl)c1ccccc1Cl. The number of hydrogen-bond donors (Lipinski definition) is 2. The van der Waals surface area contributed by atoms with E-state index in [-0.39, 0.29) is 11.8 Å². The van der Waals surface area contributed by atoms with Crippen molar-refractivity contribution < 1.29 is 0 Å². The van der Waals surface area contributed by atoms with Crippen molar-refractivity contribution in [1.29, 1.82) is 10.8 Å². The second-order valence-electron chi connectivity index (χ2n) is 9.91. The highest BCUT2D eigenvalue weighted by atomic mass is 35.5. The van der Waals surface area contributed by atoms with Gasteiger partial charge in [0, 0.05) is 31.9 Å². The molecule has 4 aromatic rings. The van der Waals surface area contributed by atoms with E-state index < -0.39 is 0 Å². The largest absolute Gasteiger partial charge is 0.319 e. The predicted molar refractivity (Wildman–Crippen MR) is 180 cm³/mol. The van der Waals surface area contributed by atoms with Gasteiger partial charge in [-0.25, -0.2) is 0 Å². The summed E-state index contributed by atoms with van der Waals surface area (Å²) in [5, 5.41) is 20.3. The van der Waals surface area contributed by atoms with Gasteiger partial charge >= 0.3 is 0 Å². The van der Waals surface area contributed by atoms with Crippen LogP contribution in [0.3, 0.4) is 0 Å². The number of benzene rings is 4. The standard InChI is InChI=1S/C33H30B2Cl4N2/c36-26-16-6-2-12-22(26)30(23-13-3-7-17-27(23)37)32(40)34-20-10-1-11-21-35-33(41)31(24-14-4-8-18-28(24)38)25-15-5-9-19-29(25)39/h2-9,12-19,30-31,40-41H,1,10-11,20-21H2. The molecule has 0 aromatic heterocycles. The van der Waals surface area contributed by atoms with Gasteiger partial charge in [0.25, 0.3) is 0 Å². The molecule has 4 aromatic carbocycles. The number of hydrogen-bond acceptors (Lipinski definition) is 2. The Labute approximate surface area is 264 Å². The van der Waals surface area contributed by atoms with Crippen molar-refractivity contribution in [3.63, 3.8) is 0 Å². The average molecular weight is 618 g/mol. The zero-order valence-corrected chi connectivity index (χ0v) is 25.6. The van der Waals surface area contributed by atoms with Crippen LogP contribution in [0.15, 0.2) is 97.1 Å². The lowest BCUT2D eigenvalue weighted by atomic mass is 9.60. The average Bonchev–Trinajstić information content (AvgIpc) is 2.97. The number of rotatable bonds is 14. The molecule has 0 bridgehead atoms. The maximum absolute atomic E-state index is 8.90. The van der Waals surface area contributed by atoms with E-state index in [0.29, 0.717) is 31.3 Å². The summed E-state index contributed by atoms with van der Waals surface area (Å²) in [5.41, 5.74) is 4.49. The Morgan fingerprint density at radius 1 is 0.463 bits per heavy atom. The molecular weight excluding hydrogens is 588 g/mol. The van der Waals surface area contributed by atoms with Crippen molar-refractivity contribution >= 4 is 72.2 Å². The van der Waals surface area contributed by atoms with Gasteiger partial charge in [-0.15, -0.1) is 0 Å². The van der Waals surface area contributed by atoms with Crippen LogP contribution in [0.2, 0.25) is 32.7 Å². The molecule has 0 heterocycles. The first kappa shape index (κ1) is 31.4. The molecule has 0 spiro atoms. The van der Waals surface area contributed by atoms with Crippen LogP contribution in [-0.4, -0.2) is 25.8 Å². The summed E-state index contributed by atoms with van der Waals surface area (Å²) >= 11 is 26.2. The van der Waals surface area contributed by atoms with Crippen LogP contribution in [-0.2, 0) is 0 Å². The van der Waals surface area contributed by atoms with Gasteiger partial charge in [0.1, 0.15) is 0 Å². The molecule has 2 radical (unpaired) electrons. The summed E-state index contributed by atoms with van der Waals surface area (Å²) in [5.74, 6) is -0.643. The van der Waals surface area contributed by atoms with Crippen molar-refractivity contribution in [3.05, 3.63) is 139 Å². The van der Waals surface area contributed by atoms with Crippen LogP contribution in [0.5, 0.6) is 0 Å². The summed E-state index contributed by atoms with van der Waals surface area (Å²) in [6.45, 7) is 0. The molecular formula is C33H30B2Cl4N2. The molecule has 0 aliphatic carbocycles. The first-order valence-corrected chi connectivity index (χ1v) is 15.2. The highest BCUT2D eigenvalue weighted by Gasteiger charge is 2.25. The second kappa shape index (κ2) is 15.7. The maximum Gasteiger partial charge on any atom is 0.172 e. The van der Waals surface area contributed by atoms with Crippen molar-refractivity contribution in [2.45, 2.75) is 43.7 Å². The molecule has 0 aliphatic heterocycles. The minimum absolute atomic E-state index is 0.322. The van der Waals surface area contributed by atoms with Gasteiger partial charge in [-0.2, -0.15) is 0 Å². The van der Waals surface area contributed by atoms with E-state index in [1.807, 2.05) is 112 Å². The summed E-state index contributed by atoms with van der Waals surface area (Å²) in [6.07, 6.45) is 4.44. The third-order valence-electron chi connectivity index (χ3n) is 7.12. The Bertz CT molecular complexity index is 1290. The molecule has 0 amide bonds. The van der Waals surface area contributed by atoms with Crippen LogP contribution >= 0.6 is 46.4 Å². The smallest absolute Gasteiger partial charge is 0.172 e. The number of halogens is 4. The highest BCUT2D eigenvalue weighted by molar-refractivity contribution is 6.76. The van der Waals surface area contributed by atoms with Gasteiger partial charge in [0.2, 0.25) is 0 Å². The lowest BCUT2D eigenvalue weighted by molar-refractivity contribution is 0.767. The fourth-order valence-electron chi connectivity index (χ4n) is 5.06. The minimum Gasteiger partial charge on any atom is -0.319 e.